The van der Waals surface area contributed by atoms with Gasteiger partial charge in [-0.3, -0.25) is 9.88 Å². The Kier molecular flexibility index (Phi) is 5.70. The Bertz CT molecular complexity index is 799. The predicted molar refractivity (Wildman–Crippen MR) is 109 cm³/mol. The monoisotopic (exact) mass is 369 g/mol. The van der Waals surface area contributed by atoms with Crippen LogP contribution in [0.5, 0.6) is 0 Å². The zero-order valence-electron chi connectivity index (χ0n) is 17.1. The molecule has 0 saturated carbocycles. The summed E-state index contributed by atoms with van der Waals surface area (Å²) >= 11 is 0. The smallest absolute Gasteiger partial charge is 0.410 e. The lowest BCUT2D eigenvalue weighted by Crippen LogP contribution is -2.44. The molecule has 1 aliphatic heterocycles. The van der Waals surface area contributed by atoms with Crippen molar-refractivity contribution < 1.29 is 9.53 Å². The molecule has 2 aromatic rings. The molecule has 0 aliphatic carbocycles. The molecule has 1 aromatic carbocycles. The minimum atomic E-state index is -0.460. The molecule has 1 amide bonds. The molecule has 5 heteroatoms. The summed E-state index contributed by atoms with van der Waals surface area (Å²) in [7, 11) is 0. The molecule has 0 N–H and O–H groups in total. The fourth-order valence-corrected chi connectivity index (χ4v) is 3.70. The van der Waals surface area contributed by atoms with Gasteiger partial charge in [0.2, 0.25) is 0 Å². The molecule has 1 aromatic heterocycles. The molecule has 2 heterocycles. The number of amides is 1. The van der Waals surface area contributed by atoms with Crippen LogP contribution in [0.2, 0.25) is 0 Å². The van der Waals surface area contributed by atoms with Gasteiger partial charge in [-0.1, -0.05) is 12.1 Å². The number of benzene rings is 1. The zero-order chi connectivity index (χ0) is 19.6. The van der Waals surface area contributed by atoms with Crippen molar-refractivity contribution >= 4 is 16.9 Å². The van der Waals surface area contributed by atoms with Crippen LogP contribution < -0.4 is 0 Å². The van der Waals surface area contributed by atoms with Gasteiger partial charge in [-0.15, -0.1) is 0 Å². The van der Waals surface area contributed by atoms with Crippen LogP contribution in [0.1, 0.15) is 46.6 Å². The number of carbonyl (C=O) groups excluding carboxylic acids is 1. The summed E-state index contributed by atoms with van der Waals surface area (Å²) in [5.74, 6) is 0. The van der Waals surface area contributed by atoms with Crippen molar-refractivity contribution in [3.05, 3.63) is 42.2 Å². The molecular formula is C22H31N3O2. The number of ether oxygens (including phenoxy) is 1. The molecule has 1 fully saturated rings. The van der Waals surface area contributed by atoms with Gasteiger partial charge in [0.25, 0.3) is 0 Å². The summed E-state index contributed by atoms with van der Waals surface area (Å²) in [4.78, 5) is 21.0. The maximum absolute atomic E-state index is 12.5. The number of rotatable bonds is 2. The second kappa shape index (κ2) is 7.85. The second-order valence-corrected chi connectivity index (χ2v) is 8.64. The molecule has 0 unspecified atom stereocenters. The van der Waals surface area contributed by atoms with Crippen molar-refractivity contribution in [1.29, 1.82) is 0 Å². The Hall–Kier alpha value is -2.14. The van der Waals surface area contributed by atoms with Gasteiger partial charge >= 0.3 is 6.09 Å². The maximum Gasteiger partial charge on any atom is 0.410 e. The van der Waals surface area contributed by atoms with Crippen LogP contribution in [-0.2, 0) is 11.3 Å². The number of nitrogens with zero attached hydrogens (tertiary/aromatic N) is 3. The van der Waals surface area contributed by atoms with Gasteiger partial charge in [-0.2, -0.15) is 0 Å². The highest BCUT2D eigenvalue weighted by Gasteiger charge is 2.31. The maximum atomic E-state index is 12.5. The van der Waals surface area contributed by atoms with Crippen molar-refractivity contribution in [3.8, 4) is 0 Å². The van der Waals surface area contributed by atoms with E-state index in [1.54, 1.807) is 0 Å². The van der Waals surface area contributed by atoms with Crippen molar-refractivity contribution in [3.63, 3.8) is 0 Å². The zero-order valence-corrected chi connectivity index (χ0v) is 17.1. The van der Waals surface area contributed by atoms with E-state index in [4.69, 9.17) is 4.74 Å². The summed E-state index contributed by atoms with van der Waals surface area (Å²) < 4.78 is 5.58. The summed E-state index contributed by atoms with van der Waals surface area (Å²) in [6, 6.07) is 9.28. The van der Waals surface area contributed by atoms with E-state index in [1.165, 1.54) is 10.9 Å². The fraction of sp³-hybridized carbons (Fsp3) is 0.545. The third-order valence-electron chi connectivity index (χ3n) is 5.16. The van der Waals surface area contributed by atoms with Gasteiger partial charge in [-0.25, -0.2) is 4.79 Å². The van der Waals surface area contributed by atoms with E-state index in [0.717, 1.165) is 24.9 Å². The van der Waals surface area contributed by atoms with Gasteiger partial charge in [0, 0.05) is 49.5 Å². The van der Waals surface area contributed by atoms with E-state index in [2.05, 4.69) is 48.0 Å². The highest BCUT2D eigenvalue weighted by molar-refractivity contribution is 5.82. The second-order valence-electron chi connectivity index (χ2n) is 8.64. The lowest BCUT2D eigenvalue weighted by Gasteiger charge is -2.33. The van der Waals surface area contributed by atoms with Gasteiger partial charge in [0.1, 0.15) is 5.60 Å². The van der Waals surface area contributed by atoms with Gasteiger partial charge in [-0.05, 0) is 64.1 Å². The van der Waals surface area contributed by atoms with Crippen LogP contribution in [0.3, 0.4) is 0 Å². The van der Waals surface area contributed by atoms with E-state index in [9.17, 15) is 4.79 Å². The number of hydrogen-bond acceptors (Lipinski definition) is 4. The molecule has 1 saturated heterocycles. The summed E-state index contributed by atoms with van der Waals surface area (Å²) in [5, 5.41) is 2.38. The Balaban J connectivity index is 1.72. The van der Waals surface area contributed by atoms with Crippen molar-refractivity contribution in [2.45, 2.75) is 65.3 Å². The van der Waals surface area contributed by atoms with Crippen molar-refractivity contribution in [1.82, 2.24) is 14.8 Å². The molecule has 0 bridgehead atoms. The first-order chi connectivity index (χ1) is 12.7. The summed E-state index contributed by atoms with van der Waals surface area (Å²) in [6.45, 7) is 12.5. The Morgan fingerprint density at radius 3 is 2.70 bits per heavy atom. The number of carbonyl (C=O) groups is 1. The lowest BCUT2D eigenvalue weighted by atomic mass is 10.1. The van der Waals surface area contributed by atoms with Crippen molar-refractivity contribution in [2.75, 3.05) is 13.1 Å². The summed E-state index contributed by atoms with van der Waals surface area (Å²) in [6.07, 6.45) is 4.47. The van der Waals surface area contributed by atoms with Gasteiger partial charge < -0.3 is 9.64 Å². The number of pyridine rings is 1. The minimum Gasteiger partial charge on any atom is -0.444 e. The predicted octanol–water partition coefficient (Wildman–Crippen LogP) is 4.45. The van der Waals surface area contributed by atoms with E-state index in [0.29, 0.717) is 12.6 Å². The number of aromatic nitrogens is 1. The average Bonchev–Trinajstić information content (AvgIpc) is 2.73. The topological polar surface area (TPSA) is 45.7 Å². The quantitative estimate of drug-likeness (QED) is 0.784. The molecule has 146 valence electrons. The van der Waals surface area contributed by atoms with E-state index in [1.807, 2.05) is 38.1 Å². The molecule has 1 aliphatic rings. The first-order valence-electron chi connectivity index (χ1n) is 9.79. The lowest BCUT2D eigenvalue weighted by molar-refractivity contribution is 0.0233. The molecular weight excluding hydrogens is 338 g/mol. The van der Waals surface area contributed by atoms with E-state index in [-0.39, 0.29) is 12.1 Å². The normalized spacial score (nSPS) is 21.9. The van der Waals surface area contributed by atoms with Crippen molar-refractivity contribution in [2.24, 2.45) is 0 Å². The van der Waals surface area contributed by atoms with Crippen LogP contribution in [0.25, 0.3) is 10.8 Å². The fourth-order valence-electron chi connectivity index (χ4n) is 3.70. The Labute approximate surface area is 162 Å². The van der Waals surface area contributed by atoms with Crippen LogP contribution in [0, 0.1) is 0 Å². The van der Waals surface area contributed by atoms with Crippen LogP contribution in [-0.4, -0.2) is 51.7 Å². The standard InChI is InChI=1S/C22H31N3O2/c1-16-9-11-24(21(26)27-22(3,4)5)14-17(2)25(16)15-18-6-7-20-13-23-10-8-19(20)12-18/h6-8,10,12-13,16-17H,9,11,14-15H2,1-5H3/t16-,17-/m0/s1. The average molecular weight is 370 g/mol. The number of hydrogen-bond donors (Lipinski definition) is 0. The minimum absolute atomic E-state index is 0.207. The van der Waals surface area contributed by atoms with Gasteiger partial charge in [0.05, 0.1) is 0 Å². The Morgan fingerprint density at radius 2 is 1.96 bits per heavy atom. The highest BCUT2D eigenvalue weighted by atomic mass is 16.6. The third-order valence-corrected chi connectivity index (χ3v) is 5.16. The van der Waals surface area contributed by atoms with E-state index >= 15 is 0 Å². The van der Waals surface area contributed by atoms with E-state index < -0.39 is 5.60 Å². The van der Waals surface area contributed by atoms with Crippen LogP contribution in [0.4, 0.5) is 4.79 Å². The van der Waals surface area contributed by atoms with Crippen LogP contribution in [0.15, 0.2) is 36.7 Å². The number of fused-ring (bicyclic) bond motifs is 1. The SMILES string of the molecule is C[C@H]1CCN(C(=O)OC(C)(C)C)C[C@H](C)N1Cc1ccc2cnccc2c1. The third kappa shape index (κ3) is 4.98. The first-order valence-corrected chi connectivity index (χ1v) is 9.79. The largest absolute Gasteiger partial charge is 0.444 e. The Morgan fingerprint density at radius 1 is 1.19 bits per heavy atom. The molecule has 0 spiro atoms. The van der Waals surface area contributed by atoms with Crippen LogP contribution >= 0.6 is 0 Å². The highest BCUT2D eigenvalue weighted by Crippen LogP contribution is 2.23. The molecule has 27 heavy (non-hydrogen) atoms. The molecule has 3 rings (SSSR count). The van der Waals surface area contributed by atoms with Gasteiger partial charge in [0.15, 0.2) is 0 Å². The first kappa shape index (κ1) is 19.6. The molecule has 2 atom stereocenters. The summed E-state index contributed by atoms with van der Waals surface area (Å²) in [5.41, 5.74) is 0.829. The molecule has 0 radical (unpaired) electrons. The molecule has 5 nitrogen and oxygen atoms in total.